The molecule has 0 aliphatic heterocycles. The zero-order valence-electron chi connectivity index (χ0n) is 8.88. The molecule has 0 amide bonds. The summed E-state index contributed by atoms with van der Waals surface area (Å²) in [6.45, 7) is 0.220. The van der Waals surface area contributed by atoms with Crippen molar-refractivity contribution >= 4 is 11.6 Å². The van der Waals surface area contributed by atoms with Crippen LogP contribution in [0.3, 0.4) is 0 Å². The molecule has 1 nitrogen and oxygen atoms in total. The first-order valence-electron chi connectivity index (χ1n) is 5.05. The van der Waals surface area contributed by atoms with Crippen LogP contribution in [0.5, 0.6) is 0 Å². The normalized spacial score (nSPS) is 10.6. The molecule has 0 aliphatic carbocycles. The summed E-state index contributed by atoms with van der Waals surface area (Å²) in [6, 6.07) is 8.41. The Morgan fingerprint density at radius 3 is 2.41 bits per heavy atom. The topological polar surface area (TPSA) is 26.0 Å². The first kappa shape index (κ1) is 12.0. The summed E-state index contributed by atoms with van der Waals surface area (Å²) in [7, 11) is 0. The van der Waals surface area contributed by atoms with Crippen LogP contribution >= 0.6 is 11.6 Å². The van der Waals surface area contributed by atoms with Crippen molar-refractivity contribution in [3.05, 3.63) is 58.6 Å². The average Bonchev–Trinajstić information content (AvgIpc) is 2.29. The highest BCUT2D eigenvalue weighted by Gasteiger charge is 2.10. The van der Waals surface area contributed by atoms with Gasteiger partial charge in [0.1, 0.15) is 11.6 Å². The van der Waals surface area contributed by atoms with Gasteiger partial charge in [-0.3, -0.25) is 0 Å². The van der Waals surface area contributed by atoms with Gasteiger partial charge in [0.05, 0.1) is 0 Å². The summed E-state index contributed by atoms with van der Waals surface area (Å²) >= 11 is 5.67. The van der Waals surface area contributed by atoms with Crippen molar-refractivity contribution < 1.29 is 8.78 Å². The van der Waals surface area contributed by atoms with Gasteiger partial charge in [-0.1, -0.05) is 17.7 Å². The second-order valence-electron chi connectivity index (χ2n) is 3.63. The van der Waals surface area contributed by atoms with Gasteiger partial charge >= 0.3 is 0 Å². The van der Waals surface area contributed by atoms with Crippen molar-refractivity contribution in [3.8, 4) is 11.1 Å². The number of nitrogens with two attached hydrogens (primary N) is 1. The molecule has 0 saturated carbocycles. The molecule has 2 N–H and O–H groups in total. The van der Waals surface area contributed by atoms with Gasteiger partial charge in [0.15, 0.2) is 0 Å². The molecule has 0 saturated heterocycles. The number of hydrogen-bond donors (Lipinski definition) is 1. The minimum atomic E-state index is -0.488. The second-order valence-corrected chi connectivity index (χ2v) is 4.07. The lowest BCUT2D eigenvalue weighted by Gasteiger charge is -2.09. The van der Waals surface area contributed by atoms with Crippen molar-refractivity contribution in [1.29, 1.82) is 0 Å². The van der Waals surface area contributed by atoms with E-state index >= 15 is 0 Å². The van der Waals surface area contributed by atoms with Crippen LogP contribution in [0, 0.1) is 11.6 Å². The fourth-order valence-electron chi connectivity index (χ4n) is 1.69. The molecule has 0 aliphatic rings. The van der Waals surface area contributed by atoms with E-state index in [1.165, 1.54) is 24.3 Å². The lowest BCUT2D eigenvalue weighted by molar-refractivity contribution is 0.623. The molecule has 0 aromatic heterocycles. The molecule has 88 valence electrons. The molecule has 0 spiro atoms. The molecule has 0 bridgehead atoms. The Kier molecular flexibility index (Phi) is 3.41. The van der Waals surface area contributed by atoms with Gasteiger partial charge in [-0.25, -0.2) is 8.78 Å². The van der Waals surface area contributed by atoms with Crippen LogP contribution in [0.1, 0.15) is 5.56 Å². The first-order valence-corrected chi connectivity index (χ1v) is 5.43. The van der Waals surface area contributed by atoms with E-state index in [2.05, 4.69) is 0 Å². The van der Waals surface area contributed by atoms with Crippen LogP contribution in [0.15, 0.2) is 36.4 Å². The Morgan fingerprint density at radius 1 is 1.00 bits per heavy atom. The van der Waals surface area contributed by atoms with Crippen LogP contribution in [0.4, 0.5) is 8.78 Å². The number of halogens is 3. The van der Waals surface area contributed by atoms with Gasteiger partial charge < -0.3 is 5.73 Å². The third-order valence-electron chi connectivity index (χ3n) is 2.51. The Labute approximate surface area is 103 Å². The van der Waals surface area contributed by atoms with E-state index in [9.17, 15) is 8.78 Å². The highest BCUT2D eigenvalue weighted by molar-refractivity contribution is 6.30. The zero-order valence-corrected chi connectivity index (χ0v) is 9.64. The van der Waals surface area contributed by atoms with E-state index < -0.39 is 11.6 Å². The van der Waals surface area contributed by atoms with E-state index in [4.69, 9.17) is 17.3 Å². The Balaban J connectivity index is 2.62. The van der Waals surface area contributed by atoms with Crippen LogP contribution in [0.2, 0.25) is 5.02 Å². The Morgan fingerprint density at radius 2 is 1.76 bits per heavy atom. The predicted molar refractivity (Wildman–Crippen MR) is 64.7 cm³/mol. The summed E-state index contributed by atoms with van der Waals surface area (Å²) in [5, 5.41) is 0.303. The first-order chi connectivity index (χ1) is 8.11. The summed E-state index contributed by atoms with van der Waals surface area (Å²) in [6.07, 6.45) is 0. The molecule has 0 atom stereocenters. The average molecular weight is 254 g/mol. The Hall–Kier alpha value is -1.45. The lowest BCUT2D eigenvalue weighted by Crippen LogP contribution is -2.00. The van der Waals surface area contributed by atoms with Crippen molar-refractivity contribution in [2.24, 2.45) is 5.73 Å². The maximum absolute atomic E-state index is 13.7. The second kappa shape index (κ2) is 4.82. The molecule has 0 fully saturated rings. The van der Waals surface area contributed by atoms with E-state index in [0.29, 0.717) is 21.7 Å². The molecule has 0 radical (unpaired) electrons. The lowest BCUT2D eigenvalue weighted by atomic mass is 9.99. The minimum absolute atomic E-state index is 0.220. The molecule has 0 unspecified atom stereocenters. The molecular weight excluding hydrogens is 244 g/mol. The maximum atomic E-state index is 13.7. The van der Waals surface area contributed by atoms with Crippen molar-refractivity contribution in [2.75, 3.05) is 0 Å². The summed E-state index contributed by atoms with van der Waals surface area (Å²) in [4.78, 5) is 0. The minimum Gasteiger partial charge on any atom is -0.326 e. The smallest absolute Gasteiger partial charge is 0.132 e. The molecule has 17 heavy (non-hydrogen) atoms. The third kappa shape index (κ3) is 2.46. The van der Waals surface area contributed by atoms with E-state index in [1.807, 2.05) is 0 Å². The van der Waals surface area contributed by atoms with Crippen LogP contribution < -0.4 is 5.73 Å². The van der Waals surface area contributed by atoms with Gasteiger partial charge in [0, 0.05) is 17.1 Å². The Bertz CT molecular complexity index is 555. The fraction of sp³-hybridized carbons (Fsp3) is 0.0769. The molecular formula is C13H10ClF2N. The summed E-state index contributed by atoms with van der Waals surface area (Å²) in [5.41, 5.74) is 6.99. The van der Waals surface area contributed by atoms with Crippen molar-refractivity contribution in [3.63, 3.8) is 0 Å². The van der Waals surface area contributed by atoms with Crippen LogP contribution in [-0.2, 0) is 6.54 Å². The molecule has 2 aromatic carbocycles. The highest BCUT2D eigenvalue weighted by atomic mass is 35.5. The van der Waals surface area contributed by atoms with Gasteiger partial charge in [0.25, 0.3) is 0 Å². The van der Waals surface area contributed by atoms with E-state index in [1.54, 1.807) is 12.1 Å². The molecule has 2 rings (SSSR count). The summed E-state index contributed by atoms with van der Waals surface area (Å²) < 4.78 is 26.9. The number of rotatable bonds is 2. The van der Waals surface area contributed by atoms with Gasteiger partial charge in [-0.15, -0.1) is 0 Å². The van der Waals surface area contributed by atoms with E-state index in [-0.39, 0.29) is 6.54 Å². The monoisotopic (exact) mass is 253 g/mol. The van der Waals surface area contributed by atoms with Crippen LogP contribution in [0.25, 0.3) is 11.1 Å². The number of hydrogen-bond acceptors (Lipinski definition) is 1. The molecule has 2 aromatic rings. The van der Waals surface area contributed by atoms with Crippen molar-refractivity contribution in [2.45, 2.75) is 6.54 Å². The predicted octanol–water partition coefficient (Wildman–Crippen LogP) is 3.74. The molecule has 0 heterocycles. The third-order valence-corrected chi connectivity index (χ3v) is 2.75. The largest absolute Gasteiger partial charge is 0.326 e. The van der Waals surface area contributed by atoms with Crippen LogP contribution in [-0.4, -0.2) is 0 Å². The number of benzene rings is 2. The SMILES string of the molecule is NCc1ccc(F)cc1-c1ccc(Cl)cc1F. The van der Waals surface area contributed by atoms with Gasteiger partial charge in [-0.2, -0.15) is 0 Å². The van der Waals surface area contributed by atoms with Crippen molar-refractivity contribution in [1.82, 2.24) is 0 Å². The standard InChI is InChI=1S/C13H10ClF2N/c14-9-2-4-11(13(16)5-9)12-6-10(15)3-1-8(12)7-17/h1-6H,7,17H2. The fourth-order valence-corrected chi connectivity index (χ4v) is 1.84. The van der Waals surface area contributed by atoms with Gasteiger partial charge in [0.2, 0.25) is 0 Å². The zero-order chi connectivity index (χ0) is 12.4. The highest BCUT2D eigenvalue weighted by Crippen LogP contribution is 2.28. The van der Waals surface area contributed by atoms with Gasteiger partial charge in [-0.05, 0) is 41.5 Å². The summed E-state index contributed by atoms with van der Waals surface area (Å²) in [5.74, 6) is -0.913. The van der Waals surface area contributed by atoms with E-state index in [0.717, 1.165) is 0 Å². The quantitative estimate of drug-likeness (QED) is 0.867. The maximum Gasteiger partial charge on any atom is 0.132 e. The molecule has 4 heteroatoms.